The molecular formula is C17H15Cl2NO2. The molecule has 0 aromatic heterocycles. The fourth-order valence-corrected chi connectivity index (χ4v) is 2.96. The lowest BCUT2D eigenvalue weighted by Crippen LogP contribution is -2.37. The van der Waals surface area contributed by atoms with Gasteiger partial charge in [0.15, 0.2) is 0 Å². The Morgan fingerprint density at radius 1 is 1.23 bits per heavy atom. The van der Waals surface area contributed by atoms with Crippen molar-refractivity contribution in [2.75, 3.05) is 6.61 Å². The molecule has 0 spiro atoms. The smallest absolute Gasteiger partial charge is 0.227 e. The predicted octanol–water partition coefficient (Wildman–Crippen LogP) is 3.86. The Morgan fingerprint density at radius 3 is 2.86 bits per heavy atom. The molecule has 1 atom stereocenters. The highest BCUT2D eigenvalue weighted by molar-refractivity contribution is 6.35. The first-order valence-corrected chi connectivity index (χ1v) is 7.81. The van der Waals surface area contributed by atoms with Crippen LogP contribution in [0.15, 0.2) is 42.5 Å². The van der Waals surface area contributed by atoms with Crippen molar-refractivity contribution in [2.24, 2.45) is 5.92 Å². The van der Waals surface area contributed by atoms with E-state index in [2.05, 4.69) is 5.32 Å². The number of hydrogen-bond acceptors (Lipinski definition) is 2. The number of carbonyl (C=O) groups is 1. The number of nitrogens with one attached hydrogen (secondary N) is 1. The van der Waals surface area contributed by atoms with E-state index in [9.17, 15) is 4.79 Å². The van der Waals surface area contributed by atoms with E-state index in [1.54, 1.807) is 12.1 Å². The van der Waals surface area contributed by atoms with E-state index in [0.29, 0.717) is 29.6 Å². The average molecular weight is 336 g/mol. The molecule has 3 nitrogen and oxygen atoms in total. The van der Waals surface area contributed by atoms with Crippen molar-refractivity contribution in [1.82, 2.24) is 5.32 Å². The highest BCUT2D eigenvalue weighted by Gasteiger charge is 2.25. The molecule has 1 N–H and O–H groups in total. The van der Waals surface area contributed by atoms with Gasteiger partial charge in [-0.25, -0.2) is 0 Å². The van der Waals surface area contributed by atoms with E-state index in [0.717, 1.165) is 16.9 Å². The first kappa shape index (κ1) is 15.2. The van der Waals surface area contributed by atoms with Crippen LogP contribution < -0.4 is 10.1 Å². The molecule has 0 fully saturated rings. The first-order chi connectivity index (χ1) is 10.6. The van der Waals surface area contributed by atoms with Gasteiger partial charge in [0.25, 0.3) is 0 Å². The molecule has 114 valence electrons. The highest BCUT2D eigenvalue weighted by atomic mass is 35.5. The van der Waals surface area contributed by atoms with E-state index >= 15 is 0 Å². The lowest BCUT2D eigenvalue weighted by Gasteiger charge is -2.24. The number of para-hydroxylation sites is 1. The first-order valence-electron chi connectivity index (χ1n) is 7.06. The summed E-state index contributed by atoms with van der Waals surface area (Å²) in [4.78, 5) is 12.3. The van der Waals surface area contributed by atoms with Crippen molar-refractivity contribution in [3.63, 3.8) is 0 Å². The van der Waals surface area contributed by atoms with Gasteiger partial charge in [0.05, 0.1) is 5.92 Å². The highest BCUT2D eigenvalue weighted by Crippen LogP contribution is 2.27. The van der Waals surface area contributed by atoms with Gasteiger partial charge in [-0.05, 0) is 35.7 Å². The molecule has 1 aliphatic rings. The molecule has 0 radical (unpaired) electrons. The molecule has 1 unspecified atom stereocenters. The lowest BCUT2D eigenvalue weighted by atomic mass is 9.96. The molecule has 1 amide bonds. The van der Waals surface area contributed by atoms with Crippen LogP contribution in [0.25, 0.3) is 0 Å². The summed E-state index contributed by atoms with van der Waals surface area (Å²) in [7, 11) is 0. The molecule has 0 bridgehead atoms. The maximum Gasteiger partial charge on any atom is 0.227 e. The molecular weight excluding hydrogens is 321 g/mol. The maximum absolute atomic E-state index is 12.3. The van der Waals surface area contributed by atoms with Gasteiger partial charge >= 0.3 is 0 Å². The van der Waals surface area contributed by atoms with Crippen molar-refractivity contribution in [3.8, 4) is 5.75 Å². The zero-order chi connectivity index (χ0) is 15.5. The summed E-state index contributed by atoms with van der Waals surface area (Å²) in [5.41, 5.74) is 1.91. The second-order valence-corrected chi connectivity index (χ2v) is 6.12. The van der Waals surface area contributed by atoms with Gasteiger partial charge < -0.3 is 10.1 Å². The molecule has 0 aliphatic carbocycles. The monoisotopic (exact) mass is 335 g/mol. The normalized spacial score (nSPS) is 16.5. The minimum absolute atomic E-state index is 0.0273. The van der Waals surface area contributed by atoms with Crippen LogP contribution in [0, 0.1) is 5.92 Å². The van der Waals surface area contributed by atoms with Crippen LogP contribution in [0.3, 0.4) is 0 Å². The number of ether oxygens (including phenoxy) is 1. The summed E-state index contributed by atoms with van der Waals surface area (Å²) in [6.45, 7) is 0.782. The van der Waals surface area contributed by atoms with Crippen LogP contribution in [0.2, 0.25) is 10.0 Å². The Kier molecular flexibility index (Phi) is 4.55. The van der Waals surface area contributed by atoms with Gasteiger partial charge in [0, 0.05) is 16.6 Å². The second-order valence-electron chi connectivity index (χ2n) is 5.27. The van der Waals surface area contributed by atoms with Crippen molar-refractivity contribution in [3.05, 3.63) is 63.6 Å². The Balaban J connectivity index is 1.61. The van der Waals surface area contributed by atoms with Crippen LogP contribution >= 0.6 is 23.2 Å². The summed E-state index contributed by atoms with van der Waals surface area (Å²) in [6.07, 6.45) is 0.691. The summed E-state index contributed by atoms with van der Waals surface area (Å²) < 4.78 is 5.64. The Bertz CT molecular complexity index is 703. The van der Waals surface area contributed by atoms with Crippen LogP contribution in [0.4, 0.5) is 0 Å². The molecule has 1 heterocycles. The summed E-state index contributed by atoms with van der Waals surface area (Å²) in [5.74, 6) is 0.661. The van der Waals surface area contributed by atoms with Gasteiger partial charge in [-0.15, -0.1) is 0 Å². The van der Waals surface area contributed by atoms with Crippen LogP contribution in [-0.2, 0) is 17.8 Å². The van der Waals surface area contributed by atoms with Crippen molar-refractivity contribution >= 4 is 29.1 Å². The Morgan fingerprint density at radius 2 is 2.05 bits per heavy atom. The number of fused-ring (bicyclic) bond motifs is 1. The number of hydrogen-bond donors (Lipinski definition) is 1. The Labute approximate surface area is 139 Å². The fraction of sp³-hybridized carbons (Fsp3) is 0.235. The summed E-state index contributed by atoms with van der Waals surface area (Å²) in [5, 5.41) is 4.05. The van der Waals surface area contributed by atoms with E-state index in [4.69, 9.17) is 27.9 Å². The van der Waals surface area contributed by atoms with Gasteiger partial charge in [-0.3, -0.25) is 4.79 Å². The number of rotatable bonds is 3. The van der Waals surface area contributed by atoms with Crippen molar-refractivity contribution in [1.29, 1.82) is 0 Å². The number of carbonyl (C=O) groups excluding carboxylic acids is 1. The van der Waals surface area contributed by atoms with E-state index in [-0.39, 0.29) is 11.8 Å². The van der Waals surface area contributed by atoms with Crippen LogP contribution in [-0.4, -0.2) is 12.5 Å². The molecule has 0 saturated heterocycles. The van der Waals surface area contributed by atoms with E-state index in [1.807, 2.05) is 30.3 Å². The molecule has 3 rings (SSSR count). The molecule has 0 saturated carbocycles. The third kappa shape index (κ3) is 3.37. The molecule has 2 aromatic rings. The third-order valence-electron chi connectivity index (χ3n) is 3.72. The SMILES string of the molecule is O=C(NCc1ccc(Cl)cc1Cl)C1COc2ccccc2C1. The summed E-state index contributed by atoms with van der Waals surface area (Å²) >= 11 is 12.0. The third-order valence-corrected chi connectivity index (χ3v) is 4.30. The van der Waals surface area contributed by atoms with E-state index < -0.39 is 0 Å². The number of amides is 1. The number of halogens is 2. The van der Waals surface area contributed by atoms with E-state index in [1.165, 1.54) is 0 Å². The second kappa shape index (κ2) is 6.59. The summed E-state index contributed by atoms with van der Waals surface area (Å²) in [6, 6.07) is 13.1. The largest absolute Gasteiger partial charge is 0.492 e. The van der Waals surface area contributed by atoms with Crippen LogP contribution in [0.5, 0.6) is 5.75 Å². The van der Waals surface area contributed by atoms with Gasteiger partial charge in [-0.2, -0.15) is 0 Å². The molecule has 2 aromatic carbocycles. The average Bonchev–Trinajstić information content (AvgIpc) is 2.53. The maximum atomic E-state index is 12.3. The quantitative estimate of drug-likeness (QED) is 0.924. The minimum Gasteiger partial charge on any atom is -0.492 e. The molecule has 5 heteroatoms. The minimum atomic E-state index is -0.180. The zero-order valence-corrected chi connectivity index (χ0v) is 13.3. The Hall–Kier alpha value is -1.71. The van der Waals surface area contributed by atoms with Gasteiger partial charge in [-0.1, -0.05) is 47.5 Å². The van der Waals surface area contributed by atoms with Crippen molar-refractivity contribution in [2.45, 2.75) is 13.0 Å². The van der Waals surface area contributed by atoms with Gasteiger partial charge in [0.2, 0.25) is 5.91 Å². The van der Waals surface area contributed by atoms with Crippen LogP contribution in [0.1, 0.15) is 11.1 Å². The van der Waals surface area contributed by atoms with Crippen molar-refractivity contribution < 1.29 is 9.53 Å². The predicted molar refractivity (Wildman–Crippen MR) is 87.4 cm³/mol. The molecule has 1 aliphatic heterocycles. The number of benzene rings is 2. The van der Waals surface area contributed by atoms with Gasteiger partial charge in [0.1, 0.15) is 12.4 Å². The lowest BCUT2D eigenvalue weighted by molar-refractivity contribution is -0.126. The fourth-order valence-electron chi connectivity index (χ4n) is 2.49. The zero-order valence-electron chi connectivity index (χ0n) is 11.8. The standard InChI is InChI=1S/C17H15Cl2NO2/c18-14-6-5-12(15(19)8-14)9-20-17(21)13-7-11-3-1-2-4-16(11)22-10-13/h1-6,8,13H,7,9-10H2,(H,20,21). The molecule has 22 heavy (non-hydrogen) atoms. The topological polar surface area (TPSA) is 38.3 Å².